The highest BCUT2D eigenvalue weighted by Gasteiger charge is 2.16. The third kappa shape index (κ3) is 5.26. The van der Waals surface area contributed by atoms with Crippen LogP contribution in [-0.4, -0.2) is 47.9 Å². The minimum absolute atomic E-state index is 0.0877. The molecule has 128 valence electrons. The lowest BCUT2D eigenvalue weighted by atomic mass is 10.1. The van der Waals surface area contributed by atoms with Crippen LogP contribution >= 0.6 is 0 Å². The van der Waals surface area contributed by atoms with Gasteiger partial charge in [0.1, 0.15) is 12.3 Å². The average molecular weight is 321 g/mol. The summed E-state index contributed by atoms with van der Waals surface area (Å²) in [5, 5.41) is 6.28. The first-order chi connectivity index (χ1) is 11.1. The van der Waals surface area contributed by atoms with Crippen molar-refractivity contribution in [3.8, 4) is 0 Å². The number of hydrogen-bond acceptors (Lipinski definition) is 4. The Balaban J connectivity index is 1.87. The quantitative estimate of drug-likeness (QED) is 0.632. The molecule has 1 aromatic heterocycles. The molecule has 2 N–H and O–H groups in total. The molecule has 0 spiro atoms. The van der Waals surface area contributed by atoms with Gasteiger partial charge >= 0.3 is 0 Å². The van der Waals surface area contributed by atoms with E-state index >= 15 is 0 Å². The number of nitrogens with one attached hydrogen (secondary N) is 2. The molecule has 1 aliphatic rings. The Bertz CT molecular complexity index is 527. The molecule has 0 saturated carbocycles. The summed E-state index contributed by atoms with van der Waals surface area (Å²) in [5.41, 5.74) is 0.893. The molecule has 0 unspecified atom stereocenters. The third-order valence-corrected chi connectivity index (χ3v) is 3.91. The van der Waals surface area contributed by atoms with Crippen LogP contribution < -0.4 is 10.6 Å². The Hall–Kier alpha value is -2.05. The van der Waals surface area contributed by atoms with E-state index in [0.29, 0.717) is 18.4 Å². The summed E-state index contributed by atoms with van der Waals surface area (Å²) in [6.45, 7) is 8.84. The van der Waals surface area contributed by atoms with Gasteiger partial charge in [0.05, 0.1) is 12.2 Å². The number of nitrogens with zero attached hydrogens (tertiary/aromatic N) is 3. The largest absolute Gasteiger partial charge is 0.444 e. The second kappa shape index (κ2) is 8.55. The van der Waals surface area contributed by atoms with Crippen LogP contribution in [0, 0.1) is 13.8 Å². The highest BCUT2D eigenvalue weighted by Crippen LogP contribution is 2.09. The monoisotopic (exact) mass is 321 g/mol. The van der Waals surface area contributed by atoms with Crippen molar-refractivity contribution >= 4 is 11.9 Å². The summed E-state index contributed by atoms with van der Waals surface area (Å²) < 4.78 is 5.53. The molecule has 1 fully saturated rings. The average Bonchev–Trinajstić information content (AvgIpc) is 2.89. The standard InChI is InChI=1S/C16H27N5O2/c1-4-17-16(18-10-14-20-12(2)13(3)23-14)19-11-15(22)21-8-6-5-7-9-21/h4-11H2,1-3H3,(H2,17,18,19). The van der Waals surface area contributed by atoms with E-state index in [9.17, 15) is 4.79 Å². The molecule has 1 amide bonds. The lowest BCUT2D eigenvalue weighted by Crippen LogP contribution is -2.40. The Morgan fingerprint density at radius 3 is 2.61 bits per heavy atom. The third-order valence-electron chi connectivity index (χ3n) is 3.91. The van der Waals surface area contributed by atoms with Crippen LogP contribution in [0.15, 0.2) is 9.41 Å². The second-order valence-electron chi connectivity index (χ2n) is 5.74. The SMILES string of the molecule is CCNC(=NCC(=O)N1CCCCC1)NCc1nc(C)c(C)o1. The molecule has 0 radical (unpaired) electrons. The lowest BCUT2D eigenvalue weighted by Gasteiger charge is -2.26. The van der Waals surface area contributed by atoms with E-state index < -0.39 is 0 Å². The van der Waals surface area contributed by atoms with Gasteiger partial charge in [-0.1, -0.05) is 0 Å². The minimum Gasteiger partial charge on any atom is -0.444 e. The number of hydrogen-bond donors (Lipinski definition) is 2. The number of aryl methyl sites for hydroxylation is 2. The van der Waals surface area contributed by atoms with Crippen LogP contribution in [0.5, 0.6) is 0 Å². The van der Waals surface area contributed by atoms with Gasteiger partial charge in [-0.3, -0.25) is 4.79 Å². The number of carbonyl (C=O) groups is 1. The van der Waals surface area contributed by atoms with Gasteiger partial charge in [0.25, 0.3) is 0 Å². The molecule has 7 nitrogen and oxygen atoms in total. The first-order valence-corrected chi connectivity index (χ1v) is 8.33. The Morgan fingerprint density at radius 2 is 2.00 bits per heavy atom. The van der Waals surface area contributed by atoms with Crippen molar-refractivity contribution in [3.63, 3.8) is 0 Å². The Kier molecular flexibility index (Phi) is 6.43. The Labute approximate surface area is 137 Å². The summed E-state index contributed by atoms with van der Waals surface area (Å²) in [6.07, 6.45) is 3.40. The van der Waals surface area contributed by atoms with Gasteiger partial charge in [-0.25, -0.2) is 9.98 Å². The number of rotatable bonds is 5. The Morgan fingerprint density at radius 1 is 1.26 bits per heavy atom. The van der Waals surface area contributed by atoms with Gasteiger partial charge in [0.15, 0.2) is 5.96 Å². The predicted octanol–water partition coefficient (Wildman–Crippen LogP) is 1.36. The second-order valence-corrected chi connectivity index (χ2v) is 5.74. The van der Waals surface area contributed by atoms with Crippen molar-refractivity contribution < 1.29 is 9.21 Å². The molecule has 0 aliphatic carbocycles. The van der Waals surface area contributed by atoms with E-state index in [0.717, 1.165) is 43.9 Å². The van der Waals surface area contributed by atoms with E-state index in [1.165, 1.54) is 6.42 Å². The fourth-order valence-corrected chi connectivity index (χ4v) is 2.51. The number of oxazole rings is 1. The van der Waals surface area contributed by atoms with E-state index in [2.05, 4.69) is 20.6 Å². The zero-order valence-corrected chi connectivity index (χ0v) is 14.3. The lowest BCUT2D eigenvalue weighted by molar-refractivity contribution is -0.130. The minimum atomic E-state index is 0.0877. The molecule has 23 heavy (non-hydrogen) atoms. The first kappa shape index (κ1) is 17.3. The van der Waals surface area contributed by atoms with Crippen LogP contribution in [0.4, 0.5) is 0 Å². The molecule has 0 aromatic carbocycles. The van der Waals surface area contributed by atoms with Crippen LogP contribution in [0.2, 0.25) is 0 Å². The first-order valence-electron chi connectivity index (χ1n) is 8.33. The van der Waals surface area contributed by atoms with Crippen LogP contribution in [0.1, 0.15) is 43.5 Å². The summed E-state index contributed by atoms with van der Waals surface area (Å²) in [6, 6.07) is 0. The van der Waals surface area contributed by atoms with Crippen LogP contribution in [-0.2, 0) is 11.3 Å². The van der Waals surface area contributed by atoms with Gasteiger partial charge in [0.2, 0.25) is 11.8 Å². The van der Waals surface area contributed by atoms with Gasteiger partial charge in [-0.2, -0.15) is 0 Å². The summed E-state index contributed by atoms with van der Waals surface area (Å²) >= 11 is 0. The molecule has 2 heterocycles. The number of carbonyl (C=O) groups excluding carboxylic acids is 1. The molecular weight excluding hydrogens is 294 g/mol. The molecule has 7 heteroatoms. The van der Waals surface area contributed by atoms with Crippen molar-refractivity contribution in [3.05, 3.63) is 17.3 Å². The van der Waals surface area contributed by atoms with E-state index in [-0.39, 0.29) is 12.5 Å². The number of aliphatic imine (C=N–C) groups is 1. The van der Waals surface area contributed by atoms with Gasteiger partial charge < -0.3 is 20.0 Å². The van der Waals surface area contributed by atoms with Crippen molar-refractivity contribution in [2.75, 3.05) is 26.2 Å². The molecule has 0 atom stereocenters. The number of aromatic nitrogens is 1. The maximum atomic E-state index is 12.2. The number of amides is 1. The van der Waals surface area contributed by atoms with Gasteiger partial charge in [-0.05, 0) is 40.0 Å². The maximum absolute atomic E-state index is 12.2. The zero-order chi connectivity index (χ0) is 16.7. The molecule has 1 aliphatic heterocycles. The van der Waals surface area contributed by atoms with Crippen molar-refractivity contribution in [1.29, 1.82) is 0 Å². The van der Waals surface area contributed by atoms with Crippen LogP contribution in [0.3, 0.4) is 0 Å². The maximum Gasteiger partial charge on any atom is 0.244 e. The molecule has 1 aromatic rings. The topological polar surface area (TPSA) is 82.8 Å². The zero-order valence-electron chi connectivity index (χ0n) is 14.3. The normalized spacial score (nSPS) is 15.6. The smallest absolute Gasteiger partial charge is 0.244 e. The number of guanidine groups is 1. The van der Waals surface area contributed by atoms with E-state index in [1.807, 2.05) is 25.7 Å². The summed E-state index contributed by atoms with van der Waals surface area (Å²) in [5.74, 6) is 2.13. The highest BCUT2D eigenvalue weighted by atomic mass is 16.4. The van der Waals surface area contributed by atoms with E-state index in [4.69, 9.17) is 4.42 Å². The molecule has 2 rings (SSSR count). The van der Waals surface area contributed by atoms with E-state index in [1.54, 1.807) is 0 Å². The van der Waals surface area contributed by atoms with Crippen molar-refractivity contribution in [2.24, 2.45) is 4.99 Å². The fourth-order valence-electron chi connectivity index (χ4n) is 2.51. The molecule has 1 saturated heterocycles. The fraction of sp³-hybridized carbons (Fsp3) is 0.688. The predicted molar refractivity (Wildman–Crippen MR) is 89.2 cm³/mol. The summed E-state index contributed by atoms with van der Waals surface area (Å²) in [7, 11) is 0. The molecule has 0 bridgehead atoms. The van der Waals surface area contributed by atoms with Gasteiger partial charge in [-0.15, -0.1) is 0 Å². The number of likely N-dealkylation sites (tertiary alicyclic amines) is 1. The van der Waals surface area contributed by atoms with Crippen molar-refractivity contribution in [2.45, 2.75) is 46.6 Å². The molecular formula is C16H27N5O2. The van der Waals surface area contributed by atoms with Crippen molar-refractivity contribution in [1.82, 2.24) is 20.5 Å². The number of piperidine rings is 1. The highest BCUT2D eigenvalue weighted by molar-refractivity contribution is 5.84. The summed E-state index contributed by atoms with van der Waals surface area (Å²) in [4.78, 5) is 22.8. The van der Waals surface area contributed by atoms with Crippen LogP contribution in [0.25, 0.3) is 0 Å². The van der Waals surface area contributed by atoms with Gasteiger partial charge in [0, 0.05) is 19.6 Å².